The second kappa shape index (κ2) is 9.33. The van der Waals surface area contributed by atoms with E-state index in [1.807, 2.05) is 24.1 Å². The van der Waals surface area contributed by atoms with Gasteiger partial charge in [-0.25, -0.2) is 0 Å². The Balaban J connectivity index is 1.54. The van der Waals surface area contributed by atoms with E-state index < -0.39 is 0 Å². The van der Waals surface area contributed by atoms with Gasteiger partial charge in [-0.2, -0.15) is 5.26 Å². The first-order chi connectivity index (χ1) is 15.5. The molecule has 3 heterocycles. The van der Waals surface area contributed by atoms with Crippen molar-refractivity contribution in [3.8, 4) is 6.07 Å². The number of Topliss-reactive ketones (excluding diaryl/α,β-unsaturated/α-hetero) is 1. The molecule has 0 aliphatic carbocycles. The first kappa shape index (κ1) is 21.7. The maximum atomic E-state index is 12.7. The molecule has 0 saturated carbocycles. The van der Waals surface area contributed by atoms with Gasteiger partial charge in [0.15, 0.2) is 5.78 Å². The number of ketones is 1. The standard InChI is InChI=1S/C25H26N4O3/c1-28-15-21(19-6-9-29(10-7-19)25(31)16-32-2)20-11-17(3-4-23(20)28)13-24(30)22-12-18(14-26)5-8-27-22/h3-5,8,11-12,15,19H,6-7,9-10,13,16H2,1-2H3. The highest BCUT2D eigenvalue weighted by molar-refractivity contribution is 5.97. The average molecular weight is 431 g/mol. The van der Waals surface area contributed by atoms with Gasteiger partial charge < -0.3 is 14.2 Å². The molecule has 7 heteroatoms. The average Bonchev–Trinajstić information content (AvgIpc) is 3.15. The van der Waals surface area contributed by atoms with Crippen LogP contribution in [0.4, 0.5) is 0 Å². The molecular formula is C25H26N4O3. The number of hydrogen-bond donors (Lipinski definition) is 0. The molecule has 0 atom stereocenters. The zero-order valence-corrected chi connectivity index (χ0v) is 18.4. The van der Waals surface area contributed by atoms with Crippen LogP contribution < -0.4 is 0 Å². The molecule has 0 unspecified atom stereocenters. The van der Waals surface area contributed by atoms with Gasteiger partial charge in [-0.3, -0.25) is 14.6 Å². The van der Waals surface area contributed by atoms with Crippen LogP contribution in [-0.2, 0) is 23.0 Å². The van der Waals surface area contributed by atoms with Crippen LogP contribution in [0.25, 0.3) is 10.9 Å². The number of hydrogen-bond acceptors (Lipinski definition) is 5. The van der Waals surface area contributed by atoms with Crippen LogP contribution in [0, 0.1) is 11.3 Å². The van der Waals surface area contributed by atoms with Gasteiger partial charge in [0, 0.05) is 57.0 Å². The molecule has 7 nitrogen and oxygen atoms in total. The Hall–Kier alpha value is -3.50. The third kappa shape index (κ3) is 4.41. The van der Waals surface area contributed by atoms with E-state index >= 15 is 0 Å². The van der Waals surface area contributed by atoms with Gasteiger partial charge in [0.2, 0.25) is 5.91 Å². The van der Waals surface area contributed by atoms with Crippen molar-refractivity contribution in [1.29, 1.82) is 5.26 Å². The molecule has 1 fully saturated rings. The number of nitriles is 1. The summed E-state index contributed by atoms with van der Waals surface area (Å²) in [5.41, 5.74) is 4.05. The number of methoxy groups -OCH3 is 1. The van der Waals surface area contributed by atoms with Crippen molar-refractivity contribution in [2.45, 2.75) is 25.2 Å². The number of fused-ring (bicyclic) bond motifs is 1. The number of aromatic nitrogens is 2. The molecule has 4 rings (SSSR count). The quantitative estimate of drug-likeness (QED) is 0.560. The molecular weight excluding hydrogens is 404 g/mol. The minimum atomic E-state index is -0.108. The largest absolute Gasteiger partial charge is 0.375 e. The summed E-state index contributed by atoms with van der Waals surface area (Å²) in [6.07, 6.45) is 5.71. The number of aryl methyl sites for hydroxylation is 1. The minimum absolute atomic E-state index is 0.0405. The molecule has 0 N–H and O–H groups in total. The van der Waals surface area contributed by atoms with E-state index in [1.54, 1.807) is 13.2 Å². The van der Waals surface area contributed by atoms with Crippen LogP contribution in [0.3, 0.4) is 0 Å². The summed E-state index contributed by atoms with van der Waals surface area (Å²) in [5, 5.41) is 10.2. The number of pyridine rings is 1. The molecule has 1 aromatic carbocycles. The van der Waals surface area contributed by atoms with E-state index in [9.17, 15) is 9.59 Å². The highest BCUT2D eigenvalue weighted by Crippen LogP contribution is 2.35. The smallest absolute Gasteiger partial charge is 0.248 e. The zero-order chi connectivity index (χ0) is 22.7. The summed E-state index contributed by atoms with van der Waals surface area (Å²) in [7, 11) is 3.57. The summed E-state index contributed by atoms with van der Waals surface area (Å²) in [5.74, 6) is 0.299. The van der Waals surface area contributed by atoms with Crippen molar-refractivity contribution in [3.05, 3.63) is 65.1 Å². The summed E-state index contributed by atoms with van der Waals surface area (Å²) in [6, 6.07) is 11.3. The Labute approximate surface area is 187 Å². The van der Waals surface area contributed by atoms with Gasteiger partial charge in [0.25, 0.3) is 0 Å². The number of amides is 1. The molecule has 1 aliphatic heterocycles. The maximum Gasteiger partial charge on any atom is 0.248 e. The molecule has 0 bridgehead atoms. The number of piperidine rings is 1. The lowest BCUT2D eigenvalue weighted by molar-refractivity contribution is -0.136. The second-order valence-corrected chi connectivity index (χ2v) is 8.28. The number of carbonyl (C=O) groups is 2. The number of carbonyl (C=O) groups excluding carboxylic acids is 2. The highest BCUT2D eigenvalue weighted by Gasteiger charge is 2.26. The monoisotopic (exact) mass is 430 g/mol. The van der Waals surface area contributed by atoms with Crippen LogP contribution in [0.2, 0.25) is 0 Å². The Bertz CT molecular complexity index is 1200. The third-order valence-electron chi connectivity index (χ3n) is 6.18. The Morgan fingerprint density at radius 1 is 1.22 bits per heavy atom. The number of ether oxygens (including phenoxy) is 1. The molecule has 1 saturated heterocycles. The molecule has 0 spiro atoms. The molecule has 3 aromatic rings. The van der Waals surface area contributed by atoms with E-state index in [4.69, 9.17) is 10.00 Å². The van der Waals surface area contributed by atoms with E-state index in [0.717, 1.165) is 42.4 Å². The summed E-state index contributed by atoms with van der Waals surface area (Å²) < 4.78 is 7.10. The summed E-state index contributed by atoms with van der Waals surface area (Å²) in [6.45, 7) is 1.58. The Morgan fingerprint density at radius 2 is 2.00 bits per heavy atom. The number of likely N-dealkylation sites (tertiary alicyclic amines) is 1. The van der Waals surface area contributed by atoms with Gasteiger partial charge >= 0.3 is 0 Å². The second-order valence-electron chi connectivity index (χ2n) is 8.28. The van der Waals surface area contributed by atoms with Gasteiger partial charge in [0.1, 0.15) is 12.3 Å². The van der Waals surface area contributed by atoms with Crippen LogP contribution in [-0.4, -0.2) is 52.9 Å². The predicted octanol–water partition coefficient (Wildman–Crippen LogP) is 3.22. The lowest BCUT2D eigenvalue weighted by Gasteiger charge is -2.32. The number of benzene rings is 1. The van der Waals surface area contributed by atoms with Gasteiger partial charge in [-0.05, 0) is 54.2 Å². The van der Waals surface area contributed by atoms with Crippen molar-refractivity contribution >= 4 is 22.6 Å². The van der Waals surface area contributed by atoms with E-state index in [-0.39, 0.29) is 24.7 Å². The summed E-state index contributed by atoms with van der Waals surface area (Å²) >= 11 is 0. The first-order valence-corrected chi connectivity index (χ1v) is 10.7. The number of rotatable bonds is 6. The van der Waals surface area contributed by atoms with E-state index in [1.165, 1.54) is 17.8 Å². The van der Waals surface area contributed by atoms with Crippen LogP contribution in [0.5, 0.6) is 0 Å². The number of nitrogens with zero attached hydrogens (tertiary/aromatic N) is 4. The van der Waals surface area contributed by atoms with Crippen LogP contribution >= 0.6 is 0 Å². The van der Waals surface area contributed by atoms with E-state index in [2.05, 4.69) is 27.9 Å². The molecule has 0 radical (unpaired) electrons. The lowest BCUT2D eigenvalue weighted by atomic mass is 9.88. The van der Waals surface area contributed by atoms with Crippen molar-refractivity contribution in [1.82, 2.24) is 14.5 Å². The van der Waals surface area contributed by atoms with E-state index in [0.29, 0.717) is 17.2 Å². The fraction of sp³-hybridized carbons (Fsp3) is 0.360. The normalized spacial score (nSPS) is 14.5. The minimum Gasteiger partial charge on any atom is -0.375 e. The molecule has 2 aromatic heterocycles. The zero-order valence-electron chi connectivity index (χ0n) is 18.4. The van der Waals surface area contributed by atoms with Crippen molar-refractivity contribution in [2.24, 2.45) is 7.05 Å². The predicted molar refractivity (Wildman–Crippen MR) is 120 cm³/mol. The van der Waals surface area contributed by atoms with Crippen LogP contribution in [0.15, 0.2) is 42.7 Å². The van der Waals surface area contributed by atoms with Gasteiger partial charge in [-0.1, -0.05) is 6.07 Å². The Morgan fingerprint density at radius 3 is 2.72 bits per heavy atom. The van der Waals surface area contributed by atoms with Crippen molar-refractivity contribution in [2.75, 3.05) is 26.8 Å². The van der Waals surface area contributed by atoms with Gasteiger partial charge in [0.05, 0.1) is 11.6 Å². The Kier molecular flexibility index (Phi) is 6.33. The first-order valence-electron chi connectivity index (χ1n) is 10.7. The fourth-order valence-electron chi connectivity index (χ4n) is 4.49. The molecule has 32 heavy (non-hydrogen) atoms. The highest BCUT2D eigenvalue weighted by atomic mass is 16.5. The fourth-order valence-corrected chi connectivity index (χ4v) is 4.49. The van der Waals surface area contributed by atoms with Crippen molar-refractivity contribution in [3.63, 3.8) is 0 Å². The molecule has 164 valence electrons. The topological polar surface area (TPSA) is 88.2 Å². The lowest BCUT2D eigenvalue weighted by Crippen LogP contribution is -2.39. The van der Waals surface area contributed by atoms with Crippen molar-refractivity contribution < 1.29 is 14.3 Å². The molecule has 1 amide bonds. The SMILES string of the molecule is COCC(=O)N1CCC(c2cn(C)c3ccc(CC(=O)c4cc(C#N)ccn4)cc23)CC1. The third-order valence-corrected chi connectivity index (χ3v) is 6.18. The molecule has 1 aliphatic rings. The van der Waals surface area contributed by atoms with Crippen LogP contribution in [0.1, 0.15) is 45.9 Å². The summed E-state index contributed by atoms with van der Waals surface area (Å²) in [4.78, 5) is 30.8. The maximum absolute atomic E-state index is 12.7. The van der Waals surface area contributed by atoms with Gasteiger partial charge in [-0.15, -0.1) is 0 Å².